The lowest BCUT2D eigenvalue weighted by Gasteiger charge is -2.23. The third-order valence-electron chi connectivity index (χ3n) is 2.08. The summed E-state index contributed by atoms with van der Waals surface area (Å²) in [7, 11) is 0. The topological polar surface area (TPSA) is 89.8 Å². The van der Waals surface area contributed by atoms with E-state index in [0.29, 0.717) is 0 Å². The van der Waals surface area contributed by atoms with Crippen LogP contribution < -0.4 is 5.32 Å². The molecule has 1 rings (SSSR count). The van der Waals surface area contributed by atoms with Gasteiger partial charge >= 0.3 is 5.97 Å². The summed E-state index contributed by atoms with van der Waals surface area (Å²) >= 11 is 0. The molecule has 0 radical (unpaired) electrons. The van der Waals surface area contributed by atoms with E-state index in [-0.39, 0.29) is 6.54 Å². The van der Waals surface area contributed by atoms with E-state index in [4.69, 9.17) is 10.2 Å². The molecule has 1 aliphatic rings. The predicted molar refractivity (Wildman–Crippen MR) is 36.1 cm³/mol. The van der Waals surface area contributed by atoms with Gasteiger partial charge in [0.15, 0.2) is 0 Å². The molecular formula is C6H11NO4. The summed E-state index contributed by atoms with van der Waals surface area (Å²) in [4.78, 5) is 10.5. The van der Waals surface area contributed by atoms with Crippen molar-refractivity contribution in [2.24, 2.45) is 0 Å². The SMILES string of the molecule is C[C@@]1(C(=O)O)NC[C@@H](O)[C@H]1O. The highest BCUT2D eigenvalue weighted by molar-refractivity contribution is 5.79. The Labute approximate surface area is 63.7 Å². The molecule has 4 N–H and O–H groups in total. The van der Waals surface area contributed by atoms with Gasteiger partial charge in [-0.2, -0.15) is 0 Å². The van der Waals surface area contributed by atoms with E-state index in [0.717, 1.165) is 0 Å². The summed E-state index contributed by atoms with van der Waals surface area (Å²) in [5.74, 6) is -1.15. The average Bonchev–Trinajstić information content (AvgIpc) is 2.18. The molecule has 0 aromatic rings. The van der Waals surface area contributed by atoms with E-state index in [1.807, 2.05) is 0 Å². The number of hydrogen-bond donors (Lipinski definition) is 4. The number of nitrogens with one attached hydrogen (secondary N) is 1. The third kappa shape index (κ3) is 1.11. The van der Waals surface area contributed by atoms with Crippen molar-refractivity contribution in [2.45, 2.75) is 24.7 Å². The first-order chi connectivity index (χ1) is 4.98. The van der Waals surface area contributed by atoms with E-state index in [1.165, 1.54) is 6.92 Å². The number of aliphatic carboxylic acids is 1. The number of rotatable bonds is 1. The van der Waals surface area contributed by atoms with Crippen LogP contribution in [0.3, 0.4) is 0 Å². The fourth-order valence-corrected chi connectivity index (χ4v) is 1.12. The molecule has 1 saturated heterocycles. The Kier molecular flexibility index (Phi) is 1.87. The fourth-order valence-electron chi connectivity index (χ4n) is 1.12. The van der Waals surface area contributed by atoms with Gasteiger partial charge in [0.2, 0.25) is 0 Å². The minimum absolute atomic E-state index is 0.115. The number of aliphatic hydroxyl groups excluding tert-OH is 2. The van der Waals surface area contributed by atoms with Gasteiger partial charge in [0, 0.05) is 6.54 Å². The molecule has 1 aliphatic heterocycles. The highest BCUT2D eigenvalue weighted by Crippen LogP contribution is 2.19. The fraction of sp³-hybridized carbons (Fsp3) is 0.833. The average molecular weight is 161 g/mol. The first-order valence-corrected chi connectivity index (χ1v) is 3.33. The van der Waals surface area contributed by atoms with Crippen molar-refractivity contribution in [2.75, 3.05) is 6.54 Å². The number of hydrogen-bond acceptors (Lipinski definition) is 4. The number of β-amino-alcohol motifs (C(OH)–C–C–N with tert-alkyl or cyclic N) is 1. The van der Waals surface area contributed by atoms with Gasteiger partial charge in [0.25, 0.3) is 0 Å². The van der Waals surface area contributed by atoms with E-state index in [1.54, 1.807) is 0 Å². The third-order valence-corrected chi connectivity index (χ3v) is 2.08. The summed E-state index contributed by atoms with van der Waals surface area (Å²) in [5, 5.41) is 29.4. The van der Waals surface area contributed by atoms with Crippen molar-refractivity contribution in [3.63, 3.8) is 0 Å². The van der Waals surface area contributed by atoms with Crippen molar-refractivity contribution < 1.29 is 20.1 Å². The van der Waals surface area contributed by atoms with Gasteiger partial charge < -0.3 is 15.3 Å². The second-order valence-electron chi connectivity index (χ2n) is 2.90. The Bertz CT molecular complexity index is 183. The Morgan fingerprint density at radius 2 is 2.18 bits per heavy atom. The lowest BCUT2D eigenvalue weighted by molar-refractivity contribution is -0.148. The van der Waals surface area contributed by atoms with E-state index in [9.17, 15) is 9.90 Å². The normalized spacial score (nSPS) is 44.3. The molecule has 0 spiro atoms. The maximum Gasteiger partial charge on any atom is 0.326 e. The summed E-state index contributed by atoms with van der Waals surface area (Å²) in [5.41, 5.74) is -1.40. The Balaban J connectivity index is 2.81. The van der Waals surface area contributed by atoms with Gasteiger partial charge in [-0.1, -0.05) is 0 Å². The molecule has 3 atom stereocenters. The van der Waals surface area contributed by atoms with Crippen LogP contribution in [0.15, 0.2) is 0 Å². The lowest BCUT2D eigenvalue weighted by Crippen LogP contribution is -2.53. The van der Waals surface area contributed by atoms with Crippen LogP contribution in [0.2, 0.25) is 0 Å². The second-order valence-corrected chi connectivity index (χ2v) is 2.90. The van der Waals surface area contributed by atoms with Crippen LogP contribution in [0.5, 0.6) is 0 Å². The van der Waals surface area contributed by atoms with Crippen molar-refractivity contribution in [3.05, 3.63) is 0 Å². The number of carbonyl (C=O) groups is 1. The Morgan fingerprint density at radius 3 is 2.36 bits per heavy atom. The molecule has 0 aromatic heterocycles. The van der Waals surface area contributed by atoms with Crippen LogP contribution in [0.4, 0.5) is 0 Å². The van der Waals surface area contributed by atoms with Gasteiger partial charge in [-0.15, -0.1) is 0 Å². The van der Waals surface area contributed by atoms with Crippen LogP contribution in [0, 0.1) is 0 Å². The Morgan fingerprint density at radius 1 is 1.64 bits per heavy atom. The first kappa shape index (κ1) is 8.45. The zero-order valence-corrected chi connectivity index (χ0v) is 6.11. The van der Waals surface area contributed by atoms with E-state index in [2.05, 4.69) is 5.32 Å². The van der Waals surface area contributed by atoms with Crippen LogP contribution in [-0.2, 0) is 4.79 Å². The smallest absolute Gasteiger partial charge is 0.326 e. The standard InChI is InChI=1S/C6H11NO4/c1-6(5(10)11)4(9)3(8)2-7-6/h3-4,7-9H,2H2,1H3,(H,10,11)/t3-,4-,6-/m1/s1. The molecule has 64 valence electrons. The number of carboxylic acids is 1. The zero-order valence-electron chi connectivity index (χ0n) is 6.11. The summed E-state index contributed by atoms with van der Waals surface area (Å²) in [6, 6.07) is 0. The van der Waals surface area contributed by atoms with Crippen LogP contribution in [0.25, 0.3) is 0 Å². The highest BCUT2D eigenvalue weighted by atomic mass is 16.4. The van der Waals surface area contributed by atoms with E-state index >= 15 is 0 Å². The molecule has 0 aliphatic carbocycles. The van der Waals surface area contributed by atoms with Crippen LogP contribution in [-0.4, -0.2) is 45.6 Å². The predicted octanol–water partition coefficient (Wildman–Crippen LogP) is -1.85. The molecule has 1 heterocycles. The number of carboxylic acid groups (broad SMARTS) is 1. The minimum Gasteiger partial charge on any atom is -0.480 e. The quantitative estimate of drug-likeness (QED) is 0.362. The molecule has 0 amide bonds. The molecule has 5 heteroatoms. The van der Waals surface area contributed by atoms with Crippen LogP contribution in [0.1, 0.15) is 6.92 Å². The monoisotopic (exact) mass is 161 g/mol. The second kappa shape index (κ2) is 2.44. The minimum atomic E-state index is -1.40. The lowest BCUT2D eigenvalue weighted by atomic mass is 9.96. The maximum absolute atomic E-state index is 10.5. The summed E-state index contributed by atoms with van der Waals surface area (Å²) in [6.45, 7) is 1.46. The molecule has 0 saturated carbocycles. The van der Waals surface area contributed by atoms with Gasteiger partial charge in [0.1, 0.15) is 11.6 Å². The van der Waals surface area contributed by atoms with Gasteiger partial charge in [-0.25, -0.2) is 0 Å². The van der Waals surface area contributed by atoms with Crippen molar-refractivity contribution >= 4 is 5.97 Å². The molecule has 5 nitrogen and oxygen atoms in total. The van der Waals surface area contributed by atoms with Gasteiger partial charge in [0.05, 0.1) is 6.10 Å². The molecular weight excluding hydrogens is 150 g/mol. The molecule has 0 bridgehead atoms. The largest absolute Gasteiger partial charge is 0.480 e. The van der Waals surface area contributed by atoms with Gasteiger partial charge in [-0.3, -0.25) is 10.1 Å². The van der Waals surface area contributed by atoms with Crippen LogP contribution >= 0.6 is 0 Å². The molecule has 1 fully saturated rings. The maximum atomic E-state index is 10.5. The zero-order chi connectivity index (χ0) is 8.65. The highest BCUT2D eigenvalue weighted by Gasteiger charge is 2.49. The number of aliphatic hydroxyl groups is 2. The summed E-state index contributed by atoms with van der Waals surface area (Å²) in [6.07, 6.45) is -2.23. The Hall–Kier alpha value is -0.650. The first-order valence-electron chi connectivity index (χ1n) is 3.33. The van der Waals surface area contributed by atoms with Crippen molar-refractivity contribution in [1.82, 2.24) is 5.32 Å². The van der Waals surface area contributed by atoms with Gasteiger partial charge in [-0.05, 0) is 6.92 Å². The summed E-state index contributed by atoms with van der Waals surface area (Å²) < 4.78 is 0. The molecule has 0 aromatic carbocycles. The van der Waals surface area contributed by atoms with Crippen molar-refractivity contribution in [1.29, 1.82) is 0 Å². The molecule has 0 unspecified atom stereocenters. The van der Waals surface area contributed by atoms with E-state index < -0.39 is 23.7 Å². The van der Waals surface area contributed by atoms with Crippen molar-refractivity contribution in [3.8, 4) is 0 Å². The molecule has 11 heavy (non-hydrogen) atoms.